The Balaban J connectivity index is 1.69. The van der Waals surface area contributed by atoms with Gasteiger partial charge in [0.05, 0.1) is 12.3 Å². The summed E-state index contributed by atoms with van der Waals surface area (Å²) in [5.74, 6) is -2.09. The lowest BCUT2D eigenvalue weighted by Crippen LogP contribution is -2.14. The molecule has 2 heterocycles. The molecule has 0 atom stereocenters. The third-order valence-electron chi connectivity index (χ3n) is 4.52. The molecule has 4 rings (SSSR count). The number of aromatic carboxylic acids is 1. The summed E-state index contributed by atoms with van der Waals surface area (Å²) in [5.41, 5.74) is 2.71. The van der Waals surface area contributed by atoms with Gasteiger partial charge >= 0.3 is 11.9 Å². The van der Waals surface area contributed by atoms with Crippen LogP contribution in [0.25, 0.3) is 22.4 Å². The first-order valence-corrected chi connectivity index (χ1v) is 8.70. The van der Waals surface area contributed by atoms with E-state index in [9.17, 15) is 19.8 Å². The van der Waals surface area contributed by atoms with E-state index >= 15 is 0 Å². The van der Waals surface area contributed by atoms with E-state index in [1.54, 1.807) is 42.5 Å². The second-order valence-corrected chi connectivity index (χ2v) is 6.40. The molecule has 0 fully saturated rings. The average molecular weight is 392 g/mol. The molecule has 0 saturated heterocycles. The maximum absolute atomic E-state index is 12.5. The Morgan fingerprint density at radius 1 is 1.17 bits per heavy atom. The van der Waals surface area contributed by atoms with E-state index in [1.165, 1.54) is 0 Å². The van der Waals surface area contributed by atoms with Crippen LogP contribution < -0.4 is 5.32 Å². The zero-order valence-electron chi connectivity index (χ0n) is 15.3. The minimum Gasteiger partial charge on any atom is -0.477 e. The van der Waals surface area contributed by atoms with E-state index in [1.807, 2.05) is 6.92 Å². The molecule has 8 heteroatoms. The number of hydrogen-bond acceptors (Lipinski definition) is 6. The van der Waals surface area contributed by atoms with Crippen molar-refractivity contribution in [3.63, 3.8) is 0 Å². The summed E-state index contributed by atoms with van der Waals surface area (Å²) >= 11 is 0. The summed E-state index contributed by atoms with van der Waals surface area (Å²) in [6, 6.07) is 12.0. The van der Waals surface area contributed by atoms with Crippen molar-refractivity contribution in [1.29, 1.82) is 0 Å². The number of furan rings is 1. The predicted molar refractivity (Wildman–Crippen MR) is 104 cm³/mol. The quantitative estimate of drug-likeness (QED) is 0.471. The molecular formula is C21H16N2O6. The number of nitrogens with one attached hydrogen (secondary N) is 1. The highest BCUT2D eigenvalue weighted by Gasteiger charge is 2.25. The van der Waals surface area contributed by atoms with Crippen molar-refractivity contribution in [2.75, 3.05) is 5.32 Å². The summed E-state index contributed by atoms with van der Waals surface area (Å²) in [4.78, 5) is 28.5. The first-order valence-electron chi connectivity index (χ1n) is 8.70. The maximum atomic E-state index is 12.5. The highest BCUT2D eigenvalue weighted by molar-refractivity contribution is 6.08. The van der Waals surface area contributed by atoms with Crippen LogP contribution >= 0.6 is 0 Å². The number of aliphatic hydroxyl groups is 1. The van der Waals surface area contributed by atoms with Crippen LogP contribution in [0, 0.1) is 6.92 Å². The molecule has 2 aromatic carbocycles. The molecule has 146 valence electrons. The Kier molecular flexibility index (Phi) is 4.61. The van der Waals surface area contributed by atoms with Gasteiger partial charge in [-0.2, -0.15) is 0 Å². The van der Waals surface area contributed by atoms with Crippen molar-refractivity contribution in [1.82, 2.24) is 4.98 Å². The predicted octanol–water partition coefficient (Wildman–Crippen LogP) is 3.84. The molecule has 0 aliphatic rings. The van der Waals surface area contributed by atoms with Crippen LogP contribution in [0.4, 0.5) is 5.69 Å². The number of benzene rings is 2. The number of carboxylic acids is 1. The first-order chi connectivity index (χ1) is 14.0. The SMILES string of the molecule is Cc1ccc(-c2occ(NC(=O)c3nc4ccccc4o3)c2C(=O)O)cc1CO. The number of carbonyl (C=O) groups is 2. The number of para-hydroxylation sites is 2. The second-order valence-electron chi connectivity index (χ2n) is 6.40. The second kappa shape index (κ2) is 7.25. The van der Waals surface area contributed by atoms with Crippen molar-refractivity contribution in [2.24, 2.45) is 0 Å². The number of aliphatic hydroxyl groups excluding tert-OH is 1. The highest BCUT2D eigenvalue weighted by Crippen LogP contribution is 2.33. The molecule has 0 radical (unpaired) electrons. The fraction of sp³-hybridized carbons (Fsp3) is 0.0952. The normalized spacial score (nSPS) is 11.0. The molecule has 1 amide bonds. The number of anilines is 1. The fourth-order valence-electron chi connectivity index (χ4n) is 3.00. The number of fused-ring (bicyclic) bond motifs is 1. The van der Waals surface area contributed by atoms with Gasteiger partial charge < -0.3 is 24.4 Å². The maximum Gasteiger partial charge on any atom is 0.341 e. The minimum atomic E-state index is -1.27. The van der Waals surface area contributed by atoms with Crippen molar-refractivity contribution in [3.05, 3.63) is 71.3 Å². The van der Waals surface area contributed by atoms with Crippen LogP contribution in [0.3, 0.4) is 0 Å². The van der Waals surface area contributed by atoms with Crippen LogP contribution in [0.1, 0.15) is 32.2 Å². The van der Waals surface area contributed by atoms with E-state index in [-0.39, 0.29) is 29.5 Å². The summed E-state index contributed by atoms with van der Waals surface area (Å²) in [6.07, 6.45) is 1.15. The minimum absolute atomic E-state index is 0.0223. The Labute approximate surface area is 164 Å². The van der Waals surface area contributed by atoms with Gasteiger partial charge in [-0.15, -0.1) is 0 Å². The zero-order chi connectivity index (χ0) is 20.5. The van der Waals surface area contributed by atoms with E-state index < -0.39 is 11.9 Å². The summed E-state index contributed by atoms with van der Waals surface area (Å²) in [7, 11) is 0. The van der Waals surface area contributed by atoms with Crippen LogP contribution in [0.5, 0.6) is 0 Å². The van der Waals surface area contributed by atoms with Gasteiger partial charge in [-0.25, -0.2) is 9.78 Å². The van der Waals surface area contributed by atoms with Crippen LogP contribution in [-0.2, 0) is 6.61 Å². The smallest absolute Gasteiger partial charge is 0.341 e. The van der Waals surface area contributed by atoms with Crippen molar-refractivity contribution in [3.8, 4) is 11.3 Å². The number of oxazole rings is 1. The van der Waals surface area contributed by atoms with Gasteiger partial charge in [0.15, 0.2) is 11.3 Å². The average Bonchev–Trinajstić information content (AvgIpc) is 3.32. The lowest BCUT2D eigenvalue weighted by molar-refractivity contribution is 0.0698. The van der Waals surface area contributed by atoms with Gasteiger partial charge in [-0.3, -0.25) is 4.79 Å². The topological polar surface area (TPSA) is 126 Å². The molecular weight excluding hydrogens is 376 g/mol. The number of aromatic nitrogens is 1. The molecule has 0 bridgehead atoms. The van der Waals surface area contributed by atoms with E-state index in [0.29, 0.717) is 22.2 Å². The Hall–Kier alpha value is -3.91. The molecule has 0 aliphatic heterocycles. The number of nitrogens with zero attached hydrogens (tertiary/aromatic N) is 1. The molecule has 0 saturated carbocycles. The number of hydrogen-bond donors (Lipinski definition) is 3. The largest absolute Gasteiger partial charge is 0.477 e. The van der Waals surface area contributed by atoms with Crippen molar-refractivity contribution < 1.29 is 28.6 Å². The zero-order valence-corrected chi connectivity index (χ0v) is 15.3. The lowest BCUT2D eigenvalue weighted by atomic mass is 10.0. The molecule has 4 aromatic rings. The van der Waals surface area contributed by atoms with Crippen LogP contribution in [0.2, 0.25) is 0 Å². The van der Waals surface area contributed by atoms with Crippen molar-refractivity contribution >= 4 is 28.7 Å². The molecule has 29 heavy (non-hydrogen) atoms. The molecule has 0 unspecified atom stereocenters. The standard InChI is InChI=1S/C21H16N2O6/c1-11-6-7-12(8-13(11)9-24)18-17(21(26)27)15(10-28-18)22-19(25)20-23-14-4-2-3-5-16(14)29-20/h2-8,10,24H,9H2,1H3,(H,22,25)(H,26,27). The van der Waals surface area contributed by atoms with Gasteiger partial charge in [-0.05, 0) is 36.2 Å². The Bertz CT molecular complexity index is 1200. The fourth-order valence-corrected chi connectivity index (χ4v) is 3.00. The molecule has 2 aromatic heterocycles. The molecule has 3 N–H and O–H groups in total. The Morgan fingerprint density at radius 3 is 2.69 bits per heavy atom. The number of carboxylic acid groups (broad SMARTS) is 1. The van der Waals surface area contributed by atoms with Gasteiger partial charge in [0, 0.05) is 5.56 Å². The van der Waals surface area contributed by atoms with Crippen molar-refractivity contribution in [2.45, 2.75) is 13.5 Å². The third-order valence-corrected chi connectivity index (χ3v) is 4.52. The summed E-state index contributed by atoms with van der Waals surface area (Å²) in [5, 5.41) is 21.6. The molecule has 0 spiro atoms. The van der Waals surface area contributed by atoms with Gasteiger partial charge in [0.25, 0.3) is 5.89 Å². The van der Waals surface area contributed by atoms with Crippen LogP contribution in [0.15, 0.2) is 57.6 Å². The number of aryl methyl sites for hydroxylation is 1. The highest BCUT2D eigenvalue weighted by atomic mass is 16.4. The first kappa shape index (κ1) is 18.5. The lowest BCUT2D eigenvalue weighted by Gasteiger charge is -2.06. The van der Waals surface area contributed by atoms with Crippen LogP contribution in [-0.4, -0.2) is 27.1 Å². The number of amides is 1. The van der Waals surface area contributed by atoms with Gasteiger partial charge in [0.1, 0.15) is 17.3 Å². The van der Waals surface area contributed by atoms with Gasteiger partial charge in [0.2, 0.25) is 0 Å². The third kappa shape index (κ3) is 3.37. The monoisotopic (exact) mass is 392 g/mol. The number of carbonyl (C=O) groups excluding carboxylic acids is 1. The van der Waals surface area contributed by atoms with E-state index in [2.05, 4.69) is 10.3 Å². The summed E-state index contributed by atoms with van der Waals surface area (Å²) in [6.45, 7) is 1.64. The van der Waals surface area contributed by atoms with Gasteiger partial charge in [-0.1, -0.05) is 24.3 Å². The molecule has 8 nitrogen and oxygen atoms in total. The van der Waals surface area contributed by atoms with E-state index in [4.69, 9.17) is 8.83 Å². The van der Waals surface area contributed by atoms with E-state index in [0.717, 1.165) is 11.8 Å². The number of rotatable bonds is 5. The molecule has 0 aliphatic carbocycles. The summed E-state index contributed by atoms with van der Waals surface area (Å²) < 4.78 is 10.9. The Morgan fingerprint density at radius 2 is 1.97 bits per heavy atom.